The van der Waals surface area contributed by atoms with Crippen molar-refractivity contribution in [3.8, 4) is 0 Å². The molecular weight excluding hydrogens is 294 g/mol. The van der Waals surface area contributed by atoms with E-state index in [9.17, 15) is 13.2 Å². The van der Waals surface area contributed by atoms with Crippen LogP contribution in [0.3, 0.4) is 0 Å². The van der Waals surface area contributed by atoms with Gasteiger partial charge in [-0.2, -0.15) is 0 Å². The summed E-state index contributed by atoms with van der Waals surface area (Å²) in [6, 6.07) is -0.253. The first-order chi connectivity index (χ1) is 9.58. The second kappa shape index (κ2) is 5.38. The Kier molecular flexibility index (Phi) is 4.07. The van der Waals surface area contributed by atoms with E-state index in [1.54, 1.807) is 27.1 Å². The molecule has 1 aromatic rings. The molecule has 0 aliphatic carbocycles. The van der Waals surface area contributed by atoms with Gasteiger partial charge in [-0.05, 0) is 20.3 Å². The van der Waals surface area contributed by atoms with E-state index < -0.39 is 15.4 Å². The zero-order chi connectivity index (χ0) is 15.8. The maximum atomic E-state index is 12.2. The molecule has 1 saturated heterocycles. The van der Waals surface area contributed by atoms with E-state index in [1.807, 2.05) is 0 Å². The lowest BCUT2D eigenvalue weighted by molar-refractivity contribution is -0.132. The van der Waals surface area contributed by atoms with Crippen molar-refractivity contribution in [1.29, 1.82) is 0 Å². The molecule has 1 amide bonds. The van der Waals surface area contributed by atoms with E-state index in [1.165, 1.54) is 9.58 Å². The van der Waals surface area contributed by atoms with Gasteiger partial charge in [0, 0.05) is 13.1 Å². The maximum Gasteiger partial charge on any atom is 0.244 e. The van der Waals surface area contributed by atoms with Crippen molar-refractivity contribution in [2.45, 2.75) is 38.4 Å². The third-order valence-corrected chi connectivity index (χ3v) is 5.40. The summed E-state index contributed by atoms with van der Waals surface area (Å²) in [6.45, 7) is 3.63. The lowest BCUT2D eigenvalue weighted by Gasteiger charge is -2.23. The van der Waals surface area contributed by atoms with Crippen molar-refractivity contribution in [2.24, 2.45) is 5.73 Å². The molecule has 9 heteroatoms. The van der Waals surface area contributed by atoms with Crippen molar-refractivity contribution >= 4 is 15.7 Å². The molecule has 2 heterocycles. The number of aromatic nitrogens is 3. The fourth-order valence-corrected chi connectivity index (χ4v) is 3.98. The molecule has 0 spiro atoms. The van der Waals surface area contributed by atoms with Crippen molar-refractivity contribution in [1.82, 2.24) is 19.9 Å². The first kappa shape index (κ1) is 15.9. The van der Waals surface area contributed by atoms with Gasteiger partial charge in [0.1, 0.15) is 12.2 Å². The Morgan fingerprint density at radius 1 is 1.57 bits per heavy atom. The van der Waals surface area contributed by atoms with Crippen molar-refractivity contribution in [3.63, 3.8) is 0 Å². The van der Waals surface area contributed by atoms with Crippen molar-refractivity contribution in [3.05, 3.63) is 11.9 Å². The molecule has 1 fully saturated rings. The molecule has 8 nitrogen and oxygen atoms in total. The van der Waals surface area contributed by atoms with Gasteiger partial charge in [-0.15, -0.1) is 5.10 Å². The lowest BCUT2D eigenvalue weighted by atomic mass is 10.0. The van der Waals surface area contributed by atoms with E-state index in [-0.39, 0.29) is 30.0 Å². The van der Waals surface area contributed by atoms with E-state index in [2.05, 4.69) is 10.3 Å². The highest BCUT2D eigenvalue weighted by atomic mass is 32.2. The van der Waals surface area contributed by atoms with Crippen LogP contribution in [-0.2, 0) is 26.7 Å². The number of hydrogen-bond donors (Lipinski definition) is 1. The van der Waals surface area contributed by atoms with Gasteiger partial charge >= 0.3 is 0 Å². The molecule has 1 aliphatic heterocycles. The Morgan fingerprint density at radius 3 is 2.71 bits per heavy atom. The number of amides is 1. The van der Waals surface area contributed by atoms with Crippen LogP contribution < -0.4 is 5.73 Å². The average Bonchev–Trinajstić information content (AvgIpc) is 2.94. The summed E-state index contributed by atoms with van der Waals surface area (Å²) in [5.41, 5.74) is 5.89. The number of sulfone groups is 1. The van der Waals surface area contributed by atoms with Crippen LogP contribution in [-0.4, -0.2) is 58.8 Å². The molecule has 118 valence electrons. The second-order valence-electron chi connectivity index (χ2n) is 6.08. The zero-order valence-electron chi connectivity index (χ0n) is 12.5. The van der Waals surface area contributed by atoms with Crippen LogP contribution in [0, 0.1) is 0 Å². The molecule has 2 rings (SSSR count). The number of nitrogens with zero attached hydrogens (tertiary/aromatic N) is 4. The van der Waals surface area contributed by atoms with Crippen LogP contribution in [0.1, 0.15) is 26.0 Å². The van der Waals surface area contributed by atoms with Crippen LogP contribution in [0.15, 0.2) is 6.20 Å². The quantitative estimate of drug-likeness (QED) is 0.772. The molecule has 1 unspecified atom stereocenters. The molecule has 2 N–H and O–H groups in total. The predicted molar refractivity (Wildman–Crippen MR) is 77.1 cm³/mol. The molecule has 21 heavy (non-hydrogen) atoms. The van der Waals surface area contributed by atoms with Crippen molar-refractivity contribution in [2.75, 3.05) is 18.6 Å². The second-order valence-corrected chi connectivity index (χ2v) is 8.31. The maximum absolute atomic E-state index is 12.2. The molecule has 0 radical (unpaired) electrons. The number of rotatable bonds is 4. The summed E-state index contributed by atoms with van der Waals surface area (Å²) < 4.78 is 24.3. The summed E-state index contributed by atoms with van der Waals surface area (Å²) in [7, 11) is -1.38. The summed E-state index contributed by atoms with van der Waals surface area (Å²) in [6.07, 6.45) is 2.13. The van der Waals surface area contributed by atoms with Gasteiger partial charge in [0.25, 0.3) is 0 Å². The van der Waals surface area contributed by atoms with Crippen LogP contribution in [0.5, 0.6) is 0 Å². The van der Waals surface area contributed by atoms with E-state index in [4.69, 9.17) is 5.73 Å². The molecule has 1 aliphatic rings. The van der Waals surface area contributed by atoms with Gasteiger partial charge in [-0.25, -0.2) is 13.1 Å². The topological polar surface area (TPSA) is 111 Å². The van der Waals surface area contributed by atoms with Crippen LogP contribution in [0.2, 0.25) is 0 Å². The van der Waals surface area contributed by atoms with Crippen LogP contribution >= 0.6 is 0 Å². The highest BCUT2D eigenvalue weighted by Crippen LogP contribution is 2.17. The van der Waals surface area contributed by atoms with E-state index >= 15 is 0 Å². The smallest absolute Gasteiger partial charge is 0.244 e. The summed E-state index contributed by atoms with van der Waals surface area (Å²) in [5, 5.41) is 7.82. The minimum atomic E-state index is -3.01. The molecular formula is C12H21N5O3S. The third-order valence-electron chi connectivity index (χ3n) is 3.65. The Bertz CT molecular complexity index is 632. The monoisotopic (exact) mass is 315 g/mol. The molecule has 1 aromatic heterocycles. The molecule has 1 atom stereocenters. The number of likely N-dealkylation sites (N-methyl/N-ethyl adjacent to an activating group) is 1. The largest absolute Gasteiger partial charge is 0.340 e. The van der Waals surface area contributed by atoms with Gasteiger partial charge in [0.2, 0.25) is 5.91 Å². The number of nitrogens with two attached hydrogens (primary N) is 1. The molecule has 0 aromatic carbocycles. The van der Waals surface area contributed by atoms with E-state index in [0.717, 1.165) is 0 Å². The van der Waals surface area contributed by atoms with Crippen LogP contribution in [0.4, 0.5) is 0 Å². The molecule has 0 saturated carbocycles. The highest BCUT2D eigenvalue weighted by molar-refractivity contribution is 7.91. The number of carbonyl (C=O) groups excluding carboxylic acids is 1. The number of carbonyl (C=O) groups is 1. The molecule has 0 bridgehead atoms. The Morgan fingerprint density at radius 2 is 2.24 bits per heavy atom. The van der Waals surface area contributed by atoms with Crippen LogP contribution in [0.25, 0.3) is 0 Å². The summed E-state index contributed by atoms with van der Waals surface area (Å²) >= 11 is 0. The highest BCUT2D eigenvalue weighted by Gasteiger charge is 2.32. The number of hydrogen-bond acceptors (Lipinski definition) is 6. The Balaban J connectivity index is 2.00. The van der Waals surface area contributed by atoms with E-state index in [0.29, 0.717) is 12.1 Å². The van der Waals surface area contributed by atoms with Crippen molar-refractivity contribution < 1.29 is 13.2 Å². The van der Waals surface area contributed by atoms with Gasteiger partial charge in [-0.1, -0.05) is 5.21 Å². The fraction of sp³-hybridized carbons (Fsp3) is 0.750. The third kappa shape index (κ3) is 3.79. The summed E-state index contributed by atoms with van der Waals surface area (Å²) in [4.78, 5) is 13.7. The predicted octanol–water partition coefficient (Wildman–Crippen LogP) is -0.883. The lowest BCUT2D eigenvalue weighted by Crippen LogP contribution is -2.39. The summed E-state index contributed by atoms with van der Waals surface area (Å²) in [5.74, 6) is -0.0129. The minimum absolute atomic E-state index is 0.0239. The van der Waals surface area contributed by atoms with Gasteiger partial charge in [0.15, 0.2) is 9.84 Å². The standard InChI is InChI=1S/C12H21N5O3S/c1-12(2,13)10-6-17(15-14-10)7-11(18)16(3)9-4-5-21(19,20)8-9/h6,9H,4-5,7-8,13H2,1-3H3. The normalized spacial score (nSPS) is 21.4. The minimum Gasteiger partial charge on any atom is -0.340 e. The van der Waals surface area contributed by atoms with Gasteiger partial charge in [-0.3, -0.25) is 4.79 Å². The SMILES string of the molecule is CN(C(=O)Cn1cc(C(C)(C)N)nn1)C1CCS(=O)(=O)C1. The fourth-order valence-electron chi connectivity index (χ4n) is 2.21. The Labute approximate surface area is 124 Å². The Hall–Kier alpha value is -1.48. The average molecular weight is 315 g/mol. The van der Waals surface area contributed by atoms with Gasteiger partial charge in [0.05, 0.1) is 23.2 Å². The zero-order valence-corrected chi connectivity index (χ0v) is 13.3. The van der Waals surface area contributed by atoms with Gasteiger partial charge < -0.3 is 10.6 Å². The first-order valence-electron chi connectivity index (χ1n) is 6.74. The first-order valence-corrected chi connectivity index (χ1v) is 8.56.